The van der Waals surface area contributed by atoms with E-state index in [4.69, 9.17) is 5.53 Å². The Kier molecular flexibility index (Phi) is 5.03. The quantitative estimate of drug-likeness (QED) is 0.482. The second kappa shape index (κ2) is 7.38. The van der Waals surface area contributed by atoms with Gasteiger partial charge < -0.3 is 9.80 Å². The van der Waals surface area contributed by atoms with E-state index in [-0.39, 0.29) is 11.8 Å². The van der Waals surface area contributed by atoms with Gasteiger partial charge in [-0.15, -0.1) is 0 Å². The highest BCUT2D eigenvalue weighted by atomic mass is 16.2. The Morgan fingerprint density at radius 3 is 2.39 bits per heavy atom. The number of hydrogen-bond acceptors (Lipinski definition) is 3. The summed E-state index contributed by atoms with van der Waals surface area (Å²) in [5, 5.41) is 3.60. The Labute approximate surface area is 136 Å². The van der Waals surface area contributed by atoms with Crippen molar-refractivity contribution in [2.24, 2.45) is 11.0 Å². The number of amides is 1. The van der Waals surface area contributed by atoms with E-state index >= 15 is 0 Å². The molecule has 23 heavy (non-hydrogen) atoms. The lowest BCUT2D eigenvalue weighted by Crippen LogP contribution is -2.26. The van der Waals surface area contributed by atoms with Gasteiger partial charge in [0.15, 0.2) is 0 Å². The third-order valence-corrected chi connectivity index (χ3v) is 4.74. The number of nitrogens with zero attached hydrogens (tertiary/aromatic N) is 5. The fourth-order valence-electron chi connectivity index (χ4n) is 3.48. The molecule has 0 bridgehead atoms. The van der Waals surface area contributed by atoms with Crippen molar-refractivity contribution in [1.82, 2.24) is 0 Å². The lowest BCUT2D eigenvalue weighted by atomic mass is 10.1. The average molecular weight is 313 g/mol. The van der Waals surface area contributed by atoms with Crippen LogP contribution < -0.4 is 9.80 Å². The summed E-state index contributed by atoms with van der Waals surface area (Å²) in [7, 11) is 0. The molecular weight excluding hydrogens is 290 g/mol. The van der Waals surface area contributed by atoms with Crippen LogP contribution in [0.5, 0.6) is 0 Å². The summed E-state index contributed by atoms with van der Waals surface area (Å²) in [6.45, 7) is 3.28. The van der Waals surface area contributed by atoms with Gasteiger partial charge in [-0.25, -0.2) is 0 Å². The third kappa shape index (κ3) is 3.77. The van der Waals surface area contributed by atoms with E-state index < -0.39 is 0 Å². The second-order valence-electron chi connectivity index (χ2n) is 6.41. The maximum atomic E-state index is 12.2. The number of azide groups is 1. The van der Waals surface area contributed by atoms with E-state index in [1.54, 1.807) is 0 Å². The summed E-state index contributed by atoms with van der Waals surface area (Å²) in [5.74, 6) is 0.245. The third-order valence-electron chi connectivity index (χ3n) is 4.74. The van der Waals surface area contributed by atoms with Gasteiger partial charge in [0.1, 0.15) is 0 Å². The molecule has 0 spiro atoms. The van der Waals surface area contributed by atoms with Crippen molar-refractivity contribution >= 4 is 17.3 Å². The van der Waals surface area contributed by atoms with Crippen LogP contribution in [-0.4, -0.2) is 32.1 Å². The molecule has 1 aromatic rings. The van der Waals surface area contributed by atoms with E-state index in [0.717, 1.165) is 18.8 Å². The smallest absolute Gasteiger partial charge is 0.227 e. The van der Waals surface area contributed by atoms with Crippen LogP contribution >= 0.6 is 0 Å². The van der Waals surface area contributed by atoms with Crippen LogP contribution in [0, 0.1) is 5.92 Å². The monoisotopic (exact) mass is 313 g/mol. The summed E-state index contributed by atoms with van der Waals surface area (Å²) < 4.78 is 0. The number of carbonyl (C=O) groups is 1. The highest BCUT2D eigenvalue weighted by Crippen LogP contribution is 2.28. The minimum absolute atomic E-state index is 0.116. The van der Waals surface area contributed by atoms with Crippen molar-refractivity contribution in [1.29, 1.82) is 0 Å². The van der Waals surface area contributed by atoms with Crippen LogP contribution in [0.15, 0.2) is 29.4 Å². The first-order valence-corrected chi connectivity index (χ1v) is 8.44. The standard InChI is InChI=1S/C17H23N5O/c18-20-19-12-14-11-17(23)22(13-14)16-7-5-15(6-8-16)21-9-3-1-2-4-10-21/h5-8,14H,1-4,9-13H2. The zero-order valence-electron chi connectivity index (χ0n) is 13.4. The first kappa shape index (κ1) is 15.7. The molecule has 122 valence electrons. The van der Waals surface area contributed by atoms with Crippen molar-refractivity contribution in [3.05, 3.63) is 34.7 Å². The molecule has 1 unspecified atom stereocenters. The molecular formula is C17H23N5O. The van der Waals surface area contributed by atoms with E-state index in [1.165, 1.54) is 31.4 Å². The van der Waals surface area contributed by atoms with Crippen LogP contribution in [-0.2, 0) is 4.79 Å². The van der Waals surface area contributed by atoms with Crippen LogP contribution in [0.4, 0.5) is 11.4 Å². The van der Waals surface area contributed by atoms with Gasteiger partial charge >= 0.3 is 0 Å². The minimum atomic E-state index is 0.116. The van der Waals surface area contributed by atoms with Gasteiger partial charge in [-0.05, 0) is 48.6 Å². The molecule has 2 aliphatic rings. The fourth-order valence-corrected chi connectivity index (χ4v) is 3.48. The molecule has 2 aliphatic heterocycles. The summed E-state index contributed by atoms with van der Waals surface area (Å²) in [6, 6.07) is 8.31. The minimum Gasteiger partial charge on any atom is -0.372 e. The van der Waals surface area contributed by atoms with Gasteiger partial charge in [0.2, 0.25) is 5.91 Å². The number of hydrogen-bond donors (Lipinski definition) is 0. The van der Waals surface area contributed by atoms with Crippen LogP contribution in [0.1, 0.15) is 32.1 Å². The Morgan fingerprint density at radius 2 is 1.74 bits per heavy atom. The largest absolute Gasteiger partial charge is 0.372 e. The second-order valence-corrected chi connectivity index (χ2v) is 6.41. The summed E-state index contributed by atoms with van der Waals surface area (Å²) in [6.07, 6.45) is 5.63. The van der Waals surface area contributed by atoms with Crippen molar-refractivity contribution in [3.63, 3.8) is 0 Å². The number of anilines is 2. The van der Waals surface area contributed by atoms with Crippen LogP contribution in [0.25, 0.3) is 10.4 Å². The zero-order valence-corrected chi connectivity index (χ0v) is 13.4. The first-order valence-electron chi connectivity index (χ1n) is 8.44. The number of rotatable bonds is 4. The molecule has 2 fully saturated rings. The molecule has 0 N–H and O–H groups in total. The van der Waals surface area contributed by atoms with Crippen molar-refractivity contribution in [3.8, 4) is 0 Å². The Bertz CT molecular complexity index is 586. The van der Waals surface area contributed by atoms with Crippen molar-refractivity contribution in [2.45, 2.75) is 32.1 Å². The molecule has 2 heterocycles. The van der Waals surface area contributed by atoms with Crippen LogP contribution in [0.2, 0.25) is 0 Å². The molecule has 6 nitrogen and oxygen atoms in total. The maximum absolute atomic E-state index is 12.2. The van der Waals surface area contributed by atoms with Crippen molar-refractivity contribution in [2.75, 3.05) is 36.0 Å². The van der Waals surface area contributed by atoms with Gasteiger partial charge in [-0.3, -0.25) is 4.79 Å². The highest BCUT2D eigenvalue weighted by Gasteiger charge is 2.30. The molecule has 1 amide bonds. The number of carbonyl (C=O) groups excluding carboxylic acids is 1. The van der Waals surface area contributed by atoms with E-state index in [2.05, 4.69) is 27.1 Å². The molecule has 2 saturated heterocycles. The fraction of sp³-hybridized carbons (Fsp3) is 0.588. The first-order chi connectivity index (χ1) is 11.3. The Morgan fingerprint density at radius 1 is 1.09 bits per heavy atom. The molecule has 0 radical (unpaired) electrons. The Hall–Kier alpha value is -2.20. The van der Waals surface area contributed by atoms with Crippen LogP contribution in [0.3, 0.4) is 0 Å². The normalized spacial score (nSPS) is 21.9. The average Bonchev–Trinajstić information content (AvgIpc) is 2.78. The lowest BCUT2D eigenvalue weighted by molar-refractivity contribution is -0.117. The molecule has 1 aromatic carbocycles. The topological polar surface area (TPSA) is 72.3 Å². The molecule has 6 heteroatoms. The molecule has 0 aromatic heterocycles. The molecule has 1 atom stereocenters. The molecule has 3 rings (SSSR count). The zero-order chi connectivity index (χ0) is 16.1. The SMILES string of the molecule is [N-]=[N+]=NCC1CC(=O)N(c2ccc(N3CCCCCC3)cc2)C1. The number of benzene rings is 1. The summed E-state index contributed by atoms with van der Waals surface area (Å²) >= 11 is 0. The predicted molar refractivity (Wildman–Crippen MR) is 91.6 cm³/mol. The Balaban J connectivity index is 1.67. The predicted octanol–water partition coefficient (Wildman–Crippen LogP) is 3.73. The highest BCUT2D eigenvalue weighted by molar-refractivity contribution is 5.95. The summed E-state index contributed by atoms with van der Waals surface area (Å²) in [5.41, 5.74) is 10.6. The van der Waals surface area contributed by atoms with Gasteiger partial charge in [0, 0.05) is 48.9 Å². The molecule has 0 saturated carbocycles. The van der Waals surface area contributed by atoms with Gasteiger partial charge in [0.05, 0.1) is 0 Å². The van der Waals surface area contributed by atoms with Gasteiger partial charge in [0.25, 0.3) is 0 Å². The van der Waals surface area contributed by atoms with Gasteiger partial charge in [-0.1, -0.05) is 18.0 Å². The van der Waals surface area contributed by atoms with Crippen molar-refractivity contribution < 1.29 is 4.79 Å². The van der Waals surface area contributed by atoms with E-state index in [9.17, 15) is 4.79 Å². The van der Waals surface area contributed by atoms with E-state index in [1.807, 2.05) is 17.0 Å². The van der Waals surface area contributed by atoms with E-state index in [0.29, 0.717) is 19.5 Å². The van der Waals surface area contributed by atoms with Gasteiger partial charge in [-0.2, -0.15) is 0 Å². The summed E-state index contributed by atoms with van der Waals surface area (Å²) in [4.78, 5) is 19.2. The maximum Gasteiger partial charge on any atom is 0.227 e. The lowest BCUT2D eigenvalue weighted by Gasteiger charge is -2.24. The molecule has 0 aliphatic carbocycles.